The number of fused-ring (bicyclic) bond motifs is 15. The molecule has 12 aromatic carbocycles. The van der Waals surface area contributed by atoms with Gasteiger partial charge >= 0.3 is 0 Å². The fraction of sp³-hybridized carbons (Fsp3) is 0.0137. The van der Waals surface area contributed by atoms with Crippen LogP contribution in [0.2, 0.25) is 0 Å². The standard InChI is InChI=1S/C73H45N5/c1-3-21-48(22-4-1)74-63-29-11-7-25-53(63)59-43-71-61(41-69(59)74)55-27-9-13-31-65(55)76(71)50-33-35-57-58-36-34-51(40-68(58)78(67(57)39-50)52-37-46-19-15-17-45-18-16-20-47(38-52)73(45)46)77-66-32-14-10-28-56(66)62-42-70-60(44-72(62)77)54-26-8-12-30-64(54)75(70)49-23-5-2-6-24-49/h1-17,19-44H,18H2. The summed E-state index contributed by atoms with van der Waals surface area (Å²) in [5, 5.41) is 14.9. The van der Waals surface area contributed by atoms with Crippen LogP contribution < -0.4 is 0 Å². The number of hydrogen-bond acceptors (Lipinski definition) is 0. The van der Waals surface area contributed by atoms with Gasteiger partial charge in [-0.3, -0.25) is 0 Å². The molecule has 1 aliphatic carbocycles. The van der Waals surface area contributed by atoms with Crippen molar-refractivity contribution in [2.24, 2.45) is 0 Å². The van der Waals surface area contributed by atoms with Crippen LogP contribution in [0.3, 0.4) is 0 Å². The summed E-state index contributed by atoms with van der Waals surface area (Å²) in [5.41, 5.74) is 20.2. The smallest absolute Gasteiger partial charge is 0.0561 e. The van der Waals surface area contributed by atoms with E-state index in [-0.39, 0.29) is 0 Å². The number of rotatable bonds is 5. The quantitative estimate of drug-likeness (QED) is 0.164. The SMILES string of the molecule is C1=Cc2cc(-n3c4cc(-n5c6ccccc6c6cc7c(cc65)c5ccccc5n7-c5ccccc5)ccc4c4ccc(-n5c6ccccc6c6cc7c(cc65)c5ccccc5n7-c5ccccc5)cc43)cc3cccc(c23)C1. The highest BCUT2D eigenvalue weighted by Crippen LogP contribution is 2.45. The van der Waals surface area contributed by atoms with Gasteiger partial charge in [-0.05, 0) is 138 Å². The van der Waals surface area contributed by atoms with Crippen LogP contribution in [0.1, 0.15) is 11.1 Å². The minimum absolute atomic E-state index is 0.946. The number of para-hydroxylation sites is 6. The predicted molar refractivity (Wildman–Crippen MR) is 328 cm³/mol. The van der Waals surface area contributed by atoms with E-state index in [0.717, 1.165) is 45.9 Å². The summed E-state index contributed by atoms with van der Waals surface area (Å²) in [6.07, 6.45) is 5.59. The molecule has 5 heteroatoms. The zero-order valence-corrected chi connectivity index (χ0v) is 42.3. The molecule has 0 saturated heterocycles. The minimum Gasteiger partial charge on any atom is -0.309 e. The van der Waals surface area contributed by atoms with Crippen molar-refractivity contribution >= 4 is 126 Å². The molecule has 0 N–H and O–H groups in total. The zero-order chi connectivity index (χ0) is 50.7. The maximum absolute atomic E-state index is 2.54. The van der Waals surface area contributed by atoms with Gasteiger partial charge in [0.1, 0.15) is 0 Å². The highest BCUT2D eigenvalue weighted by molar-refractivity contribution is 6.21. The molecule has 0 radical (unpaired) electrons. The predicted octanol–water partition coefficient (Wildman–Crippen LogP) is 18.9. The van der Waals surface area contributed by atoms with Gasteiger partial charge in [0.15, 0.2) is 0 Å². The lowest BCUT2D eigenvalue weighted by Gasteiger charge is -2.17. The van der Waals surface area contributed by atoms with E-state index in [9.17, 15) is 0 Å². The molecule has 1 aliphatic rings. The molecule has 5 aromatic heterocycles. The normalized spacial score (nSPS) is 12.8. The van der Waals surface area contributed by atoms with E-state index >= 15 is 0 Å². The van der Waals surface area contributed by atoms with E-state index in [1.807, 2.05) is 0 Å². The minimum atomic E-state index is 0.946. The van der Waals surface area contributed by atoms with Crippen LogP contribution in [0.25, 0.3) is 154 Å². The monoisotopic (exact) mass is 991 g/mol. The first-order chi connectivity index (χ1) is 38.7. The van der Waals surface area contributed by atoms with Crippen molar-refractivity contribution in [3.05, 3.63) is 266 Å². The summed E-state index contributed by atoms with van der Waals surface area (Å²) in [6, 6.07) is 92.8. The Hall–Kier alpha value is -10.4. The molecular weight excluding hydrogens is 947 g/mol. The van der Waals surface area contributed by atoms with E-state index in [1.54, 1.807) is 0 Å². The fourth-order valence-corrected chi connectivity index (χ4v) is 13.9. The summed E-state index contributed by atoms with van der Waals surface area (Å²) in [6.45, 7) is 0. The van der Waals surface area contributed by atoms with Crippen LogP contribution in [0.5, 0.6) is 0 Å². The highest BCUT2D eigenvalue weighted by Gasteiger charge is 2.24. The van der Waals surface area contributed by atoms with Gasteiger partial charge in [-0.25, -0.2) is 0 Å². The largest absolute Gasteiger partial charge is 0.309 e. The van der Waals surface area contributed by atoms with Gasteiger partial charge in [0.2, 0.25) is 0 Å². The number of hydrogen-bond donors (Lipinski definition) is 0. The number of benzene rings is 12. The first-order valence-electron chi connectivity index (χ1n) is 27.1. The third-order valence-corrected chi connectivity index (χ3v) is 17.2. The molecule has 0 fully saturated rings. The third kappa shape index (κ3) is 5.69. The van der Waals surface area contributed by atoms with Gasteiger partial charge in [-0.2, -0.15) is 0 Å². The average molecular weight is 992 g/mol. The lowest BCUT2D eigenvalue weighted by Crippen LogP contribution is -2.00. The van der Waals surface area contributed by atoms with Crippen molar-refractivity contribution < 1.29 is 0 Å². The van der Waals surface area contributed by atoms with E-state index in [0.29, 0.717) is 0 Å². The molecular formula is C73H45N5. The summed E-state index contributed by atoms with van der Waals surface area (Å²) in [5.74, 6) is 0. The van der Waals surface area contributed by atoms with Crippen LogP contribution >= 0.6 is 0 Å². The van der Waals surface area contributed by atoms with Crippen LogP contribution in [0.4, 0.5) is 0 Å². The van der Waals surface area contributed by atoms with E-state index in [4.69, 9.17) is 0 Å². The first kappa shape index (κ1) is 41.9. The second-order valence-electron chi connectivity index (χ2n) is 21.2. The summed E-state index contributed by atoms with van der Waals surface area (Å²) in [7, 11) is 0. The molecule has 0 spiro atoms. The Bertz CT molecular complexity index is 5170. The number of nitrogens with zero attached hydrogens (tertiary/aromatic N) is 5. The number of allylic oxidation sites excluding steroid dienone is 1. The van der Waals surface area contributed by atoms with Crippen molar-refractivity contribution in [1.29, 1.82) is 0 Å². The summed E-state index contributed by atoms with van der Waals surface area (Å²) < 4.78 is 12.4. The Kier molecular flexibility index (Phi) is 8.39. The lowest BCUT2D eigenvalue weighted by molar-refractivity contribution is 1.14. The fourth-order valence-electron chi connectivity index (χ4n) is 13.9. The molecule has 0 saturated carbocycles. The van der Waals surface area contributed by atoms with Gasteiger partial charge in [0.05, 0.1) is 55.2 Å². The summed E-state index contributed by atoms with van der Waals surface area (Å²) in [4.78, 5) is 0. The Labute approximate surface area is 447 Å². The summed E-state index contributed by atoms with van der Waals surface area (Å²) >= 11 is 0. The van der Waals surface area contributed by atoms with E-state index in [1.165, 1.54) is 120 Å². The van der Waals surface area contributed by atoms with Gasteiger partial charge in [-0.1, -0.05) is 152 Å². The van der Waals surface area contributed by atoms with Crippen LogP contribution in [-0.4, -0.2) is 22.8 Å². The van der Waals surface area contributed by atoms with Crippen LogP contribution in [0, 0.1) is 0 Å². The van der Waals surface area contributed by atoms with E-state index < -0.39 is 0 Å². The Morgan fingerprint density at radius 3 is 1.05 bits per heavy atom. The molecule has 5 heterocycles. The maximum atomic E-state index is 2.54. The Balaban J connectivity index is 0.916. The maximum Gasteiger partial charge on any atom is 0.0561 e. The lowest BCUT2D eigenvalue weighted by atomic mass is 9.92. The molecule has 17 aromatic rings. The molecule has 18 rings (SSSR count). The van der Waals surface area contributed by atoms with Crippen molar-refractivity contribution in [3.63, 3.8) is 0 Å². The highest BCUT2D eigenvalue weighted by atomic mass is 15.0. The first-order valence-corrected chi connectivity index (χ1v) is 27.1. The second kappa shape index (κ2) is 15.6. The molecule has 0 bridgehead atoms. The molecule has 0 amide bonds. The van der Waals surface area contributed by atoms with E-state index in [2.05, 4.69) is 284 Å². The van der Waals surface area contributed by atoms with Crippen LogP contribution in [0.15, 0.2) is 255 Å². The third-order valence-electron chi connectivity index (χ3n) is 17.2. The molecule has 5 nitrogen and oxygen atoms in total. The number of aromatic nitrogens is 5. The van der Waals surface area contributed by atoms with Gasteiger partial charge < -0.3 is 22.8 Å². The molecule has 362 valence electrons. The molecule has 0 atom stereocenters. The Morgan fingerprint density at radius 2 is 0.603 bits per heavy atom. The van der Waals surface area contributed by atoms with Crippen molar-refractivity contribution in [1.82, 2.24) is 22.8 Å². The van der Waals surface area contributed by atoms with Crippen molar-refractivity contribution in [3.8, 4) is 28.4 Å². The molecule has 0 unspecified atom stereocenters. The average Bonchev–Trinajstić information content (AvgIpc) is 4.39. The second-order valence-corrected chi connectivity index (χ2v) is 21.2. The molecule has 78 heavy (non-hydrogen) atoms. The van der Waals surface area contributed by atoms with Gasteiger partial charge in [0, 0.05) is 82.3 Å². The zero-order valence-electron chi connectivity index (χ0n) is 42.3. The molecule has 0 aliphatic heterocycles. The van der Waals surface area contributed by atoms with Crippen molar-refractivity contribution in [2.45, 2.75) is 6.42 Å². The van der Waals surface area contributed by atoms with Gasteiger partial charge in [0.25, 0.3) is 0 Å². The van der Waals surface area contributed by atoms with Crippen LogP contribution in [-0.2, 0) is 6.42 Å². The topological polar surface area (TPSA) is 24.6 Å². The Morgan fingerprint density at radius 1 is 0.231 bits per heavy atom. The van der Waals surface area contributed by atoms with Crippen molar-refractivity contribution in [2.75, 3.05) is 0 Å². The van der Waals surface area contributed by atoms with Gasteiger partial charge in [-0.15, -0.1) is 0 Å².